The van der Waals surface area contributed by atoms with Crippen LogP contribution in [-0.4, -0.2) is 30.0 Å². The molecule has 1 saturated heterocycles. The normalized spacial score (nSPS) is 25.7. The van der Waals surface area contributed by atoms with Crippen molar-refractivity contribution in [3.63, 3.8) is 0 Å². The van der Waals surface area contributed by atoms with Crippen molar-refractivity contribution >= 4 is 11.6 Å². The van der Waals surface area contributed by atoms with Gasteiger partial charge >= 0.3 is 0 Å². The van der Waals surface area contributed by atoms with Crippen LogP contribution in [0.25, 0.3) is 0 Å². The quantitative estimate of drug-likeness (QED) is 0.816. The van der Waals surface area contributed by atoms with Gasteiger partial charge in [0.25, 0.3) is 5.91 Å². The average Bonchev–Trinajstić information content (AvgIpc) is 3.10. The highest BCUT2D eigenvalue weighted by molar-refractivity contribution is 6.02. The number of hydrogen-bond donors (Lipinski definition) is 0. The Kier molecular flexibility index (Phi) is 4.74. The van der Waals surface area contributed by atoms with Crippen molar-refractivity contribution in [1.29, 1.82) is 0 Å². The summed E-state index contributed by atoms with van der Waals surface area (Å²) in [6, 6.07) is 14.5. The van der Waals surface area contributed by atoms with Crippen LogP contribution in [0.3, 0.4) is 0 Å². The van der Waals surface area contributed by atoms with Crippen molar-refractivity contribution in [2.45, 2.75) is 44.7 Å². The number of hydrogen-bond acceptors (Lipinski definition) is 3. The van der Waals surface area contributed by atoms with Gasteiger partial charge in [-0.15, -0.1) is 0 Å². The third-order valence-electron chi connectivity index (χ3n) is 5.80. The minimum absolute atomic E-state index is 0.137. The van der Waals surface area contributed by atoms with Gasteiger partial charge < -0.3 is 0 Å². The average molecular weight is 368 g/mol. The van der Waals surface area contributed by atoms with Crippen molar-refractivity contribution in [3.05, 3.63) is 65.5 Å². The van der Waals surface area contributed by atoms with Gasteiger partial charge in [0.15, 0.2) is 0 Å². The van der Waals surface area contributed by atoms with Crippen molar-refractivity contribution < 1.29 is 14.0 Å². The minimum atomic E-state index is -0.957. The molecule has 4 nitrogen and oxygen atoms in total. The molecule has 1 amide bonds. The predicted octanol–water partition coefficient (Wildman–Crippen LogP) is 4.05. The standard InChI is InChI=1S/C22H25FN2O2/c1-3-27-25-20-12-5-4-9-17(20)15-22(21(25)26,24-13-7-8-16(24)2)18-10-6-11-19(23)14-18/h4-6,9-12,14,16H,3,7-8,13,15H2,1-2H3. The number of amides is 1. The number of fused-ring (bicyclic) bond motifs is 1. The maximum absolute atomic E-state index is 14.2. The van der Waals surface area contributed by atoms with E-state index in [1.54, 1.807) is 6.07 Å². The zero-order valence-electron chi connectivity index (χ0n) is 15.8. The Labute approximate surface area is 159 Å². The van der Waals surface area contributed by atoms with Crippen LogP contribution in [0.2, 0.25) is 0 Å². The maximum atomic E-state index is 14.2. The van der Waals surface area contributed by atoms with E-state index in [9.17, 15) is 9.18 Å². The van der Waals surface area contributed by atoms with Crippen molar-refractivity contribution in [2.24, 2.45) is 0 Å². The first-order valence-electron chi connectivity index (χ1n) is 9.66. The monoisotopic (exact) mass is 368 g/mol. The molecule has 2 aromatic carbocycles. The fourth-order valence-electron chi connectivity index (χ4n) is 4.61. The maximum Gasteiger partial charge on any atom is 0.276 e. The van der Waals surface area contributed by atoms with E-state index in [0.717, 1.165) is 30.6 Å². The SMILES string of the molecule is CCON1C(=O)C(c2cccc(F)c2)(N2CCCC2C)Cc2ccccc21. The Bertz CT molecular complexity index is 856. The summed E-state index contributed by atoms with van der Waals surface area (Å²) >= 11 is 0. The molecule has 0 aliphatic carbocycles. The molecule has 0 saturated carbocycles. The number of anilines is 1. The molecular formula is C22H25FN2O2. The van der Waals surface area contributed by atoms with E-state index < -0.39 is 5.54 Å². The molecule has 4 rings (SSSR count). The number of hydroxylamine groups is 1. The number of halogens is 1. The lowest BCUT2D eigenvalue weighted by Gasteiger charge is -2.48. The minimum Gasteiger partial charge on any atom is -0.283 e. The second kappa shape index (κ2) is 7.06. The van der Waals surface area contributed by atoms with Crippen LogP contribution >= 0.6 is 0 Å². The molecule has 2 heterocycles. The van der Waals surface area contributed by atoms with E-state index in [1.165, 1.54) is 17.2 Å². The Morgan fingerprint density at radius 2 is 2.04 bits per heavy atom. The second-order valence-corrected chi connectivity index (χ2v) is 7.38. The number of para-hydroxylation sites is 1. The van der Waals surface area contributed by atoms with Crippen LogP contribution in [0, 0.1) is 5.82 Å². The van der Waals surface area contributed by atoms with Crippen LogP contribution in [0.4, 0.5) is 10.1 Å². The predicted molar refractivity (Wildman–Crippen MR) is 103 cm³/mol. The summed E-state index contributed by atoms with van der Waals surface area (Å²) in [7, 11) is 0. The van der Waals surface area contributed by atoms with Crippen molar-refractivity contribution in [3.8, 4) is 0 Å². The zero-order chi connectivity index (χ0) is 19.0. The molecule has 0 spiro atoms. The molecule has 2 atom stereocenters. The number of benzene rings is 2. The molecule has 5 heteroatoms. The number of carbonyl (C=O) groups excluding carboxylic acids is 1. The highest BCUT2D eigenvalue weighted by Crippen LogP contribution is 2.45. The number of likely N-dealkylation sites (tertiary alicyclic amines) is 1. The Morgan fingerprint density at radius 1 is 1.22 bits per heavy atom. The fourth-order valence-corrected chi connectivity index (χ4v) is 4.61. The highest BCUT2D eigenvalue weighted by Gasteiger charge is 2.54. The van der Waals surface area contributed by atoms with Crippen LogP contribution in [0.5, 0.6) is 0 Å². The summed E-state index contributed by atoms with van der Waals surface area (Å²) < 4.78 is 14.2. The lowest BCUT2D eigenvalue weighted by Crippen LogP contribution is -2.62. The first kappa shape index (κ1) is 18.1. The van der Waals surface area contributed by atoms with Gasteiger partial charge in [0.2, 0.25) is 0 Å². The van der Waals surface area contributed by atoms with E-state index in [-0.39, 0.29) is 17.8 Å². The smallest absolute Gasteiger partial charge is 0.276 e. The van der Waals surface area contributed by atoms with Crippen LogP contribution in [0.15, 0.2) is 48.5 Å². The lowest BCUT2D eigenvalue weighted by atomic mass is 9.77. The van der Waals surface area contributed by atoms with Gasteiger partial charge in [-0.2, -0.15) is 5.06 Å². The topological polar surface area (TPSA) is 32.8 Å². The number of nitrogens with zero attached hydrogens (tertiary/aromatic N) is 2. The van der Waals surface area contributed by atoms with Crippen molar-refractivity contribution in [2.75, 3.05) is 18.2 Å². The molecule has 0 aromatic heterocycles. The summed E-state index contributed by atoms with van der Waals surface area (Å²) in [5.41, 5.74) is 1.55. The van der Waals surface area contributed by atoms with E-state index >= 15 is 0 Å². The molecule has 2 aliphatic heterocycles. The molecule has 142 valence electrons. The van der Waals surface area contributed by atoms with E-state index in [1.807, 2.05) is 37.3 Å². The van der Waals surface area contributed by atoms with E-state index in [4.69, 9.17) is 4.84 Å². The van der Waals surface area contributed by atoms with E-state index in [0.29, 0.717) is 18.6 Å². The Balaban J connectivity index is 1.94. The van der Waals surface area contributed by atoms with Crippen molar-refractivity contribution in [1.82, 2.24) is 4.90 Å². The molecular weight excluding hydrogens is 343 g/mol. The molecule has 27 heavy (non-hydrogen) atoms. The summed E-state index contributed by atoms with van der Waals surface area (Å²) in [5, 5.41) is 1.43. The highest BCUT2D eigenvalue weighted by atomic mass is 19.1. The van der Waals surface area contributed by atoms with Crippen LogP contribution in [-0.2, 0) is 21.6 Å². The first-order chi connectivity index (χ1) is 13.1. The van der Waals surface area contributed by atoms with E-state index in [2.05, 4.69) is 11.8 Å². The largest absolute Gasteiger partial charge is 0.283 e. The molecule has 2 unspecified atom stereocenters. The van der Waals surface area contributed by atoms with Gasteiger partial charge in [-0.3, -0.25) is 14.5 Å². The molecule has 0 N–H and O–H groups in total. The number of rotatable bonds is 4. The first-order valence-corrected chi connectivity index (χ1v) is 9.66. The van der Waals surface area contributed by atoms with Gasteiger partial charge in [-0.1, -0.05) is 30.3 Å². The molecule has 0 bridgehead atoms. The third kappa shape index (κ3) is 2.86. The van der Waals surface area contributed by atoms with Crippen LogP contribution < -0.4 is 5.06 Å². The van der Waals surface area contributed by atoms with Gasteiger partial charge in [0, 0.05) is 12.5 Å². The molecule has 2 aliphatic rings. The molecule has 2 aromatic rings. The molecule has 1 fully saturated rings. The lowest BCUT2D eigenvalue weighted by molar-refractivity contribution is -0.141. The van der Waals surface area contributed by atoms with Gasteiger partial charge in [0.05, 0.1) is 12.3 Å². The second-order valence-electron chi connectivity index (χ2n) is 7.38. The summed E-state index contributed by atoms with van der Waals surface area (Å²) in [6.45, 7) is 5.21. The summed E-state index contributed by atoms with van der Waals surface area (Å²) in [4.78, 5) is 21.9. The Morgan fingerprint density at radius 3 is 2.74 bits per heavy atom. The van der Waals surface area contributed by atoms with Gasteiger partial charge in [0.1, 0.15) is 11.4 Å². The fraction of sp³-hybridized carbons (Fsp3) is 0.409. The van der Waals surface area contributed by atoms with Gasteiger partial charge in [-0.25, -0.2) is 4.39 Å². The zero-order valence-corrected chi connectivity index (χ0v) is 15.8. The molecule has 0 radical (unpaired) electrons. The Hall–Kier alpha value is -2.24. The third-order valence-corrected chi connectivity index (χ3v) is 5.80. The summed E-state index contributed by atoms with van der Waals surface area (Å²) in [5.74, 6) is -0.462. The summed E-state index contributed by atoms with van der Waals surface area (Å²) in [6.07, 6.45) is 2.57. The van der Waals surface area contributed by atoms with Crippen LogP contribution in [0.1, 0.15) is 37.8 Å². The number of carbonyl (C=O) groups is 1. The van der Waals surface area contributed by atoms with Gasteiger partial charge in [-0.05, 0) is 62.6 Å².